The van der Waals surface area contributed by atoms with Gasteiger partial charge in [-0.1, -0.05) is 15.9 Å². The molecule has 0 aliphatic heterocycles. The molecule has 0 saturated carbocycles. The second-order valence-corrected chi connectivity index (χ2v) is 5.87. The molecule has 0 bridgehead atoms. The zero-order chi connectivity index (χ0) is 13.0. The molecule has 0 fully saturated rings. The van der Waals surface area contributed by atoms with E-state index in [-0.39, 0.29) is 6.04 Å². The van der Waals surface area contributed by atoms with Crippen LogP contribution in [0.2, 0.25) is 0 Å². The van der Waals surface area contributed by atoms with Crippen molar-refractivity contribution in [2.75, 3.05) is 5.75 Å². The third kappa shape index (κ3) is 3.35. The molecule has 6 heteroatoms. The molecule has 0 radical (unpaired) electrons. The standard InChI is InChI=1S/C12H15BrN4S/c1-17-12(6-7-15-17)11(16-14)8-18-10-4-2-9(13)3-5-10/h2-7,11,16H,8,14H2,1H3. The Labute approximate surface area is 119 Å². The highest BCUT2D eigenvalue weighted by Gasteiger charge is 2.13. The molecule has 0 amide bonds. The van der Waals surface area contributed by atoms with Gasteiger partial charge >= 0.3 is 0 Å². The van der Waals surface area contributed by atoms with Crippen LogP contribution in [0.4, 0.5) is 0 Å². The Hall–Kier alpha value is -0.820. The maximum absolute atomic E-state index is 5.61. The number of nitrogens with one attached hydrogen (secondary N) is 1. The number of rotatable bonds is 5. The minimum absolute atomic E-state index is 0.0890. The highest BCUT2D eigenvalue weighted by Crippen LogP contribution is 2.25. The van der Waals surface area contributed by atoms with Crippen molar-refractivity contribution in [3.63, 3.8) is 0 Å². The number of hydrogen-bond acceptors (Lipinski definition) is 4. The smallest absolute Gasteiger partial charge is 0.0722 e. The van der Waals surface area contributed by atoms with Crippen LogP contribution in [-0.2, 0) is 7.05 Å². The van der Waals surface area contributed by atoms with Gasteiger partial charge in [-0.2, -0.15) is 5.10 Å². The fourth-order valence-electron chi connectivity index (χ4n) is 1.66. The van der Waals surface area contributed by atoms with Gasteiger partial charge in [0, 0.05) is 28.4 Å². The lowest BCUT2D eigenvalue weighted by Gasteiger charge is -2.15. The largest absolute Gasteiger partial charge is 0.271 e. The molecule has 3 N–H and O–H groups in total. The molecule has 1 heterocycles. The third-order valence-electron chi connectivity index (χ3n) is 2.65. The summed E-state index contributed by atoms with van der Waals surface area (Å²) in [6.45, 7) is 0. The Morgan fingerprint density at radius 3 is 2.67 bits per heavy atom. The lowest BCUT2D eigenvalue weighted by atomic mass is 10.2. The van der Waals surface area contributed by atoms with E-state index in [0.717, 1.165) is 15.9 Å². The van der Waals surface area contributed by atoms with Gasteiger partial charge < -0.3 is 0 Å². The van der Waals surface area contributed by atoms with Gasteiger partial charge in [-0.25, -0.2) is 0 Å². The van der Waals surface area contributed by atoms with Gasteiger partial charge in [0.2, 0.25) is 0 Å². The summed E-state index contributed by atoms with van der Waals surface area (Å²) in [6.07, 6.45) is 1.78. The number of hydrazine groups is 1. The van der Waals surface area contributed by atoms with Crippen LogP contribution >= 0.6 is 27.7 Å². The molecular weight excluding hydrogens is 312 g/mol. The Morgan fingerprint density at radius 1 is 1.39 bits per heavy atom. The van der Waals surface area contributed by atoms with E-state index in [0.29, 0.717) is 0 Å². The summed E-state index contributed by atoms with van der Waals surface area (Å²) in [5.74, 6) is 6.47. The van der Waals surface area contributed by atoms with Crippen LogP contribution in [0.1, 0.15) is 11.7 Å². The Morgan fingerprint density at radius 2 is 2.11 bits per heavy atom. The summed E-state index contributed by atoms with van der Waals surface area (Å²) in [5.41, 5.74) is 3.92. The quantitative estimate of drug-likeness (QED) is 0.503. The van der Waals surface area contributed by atoms with Crippen LogP contribution in [-0.4, -0.2) is 15.5 Å². The summed E-state index contributed by atoms with van der Waals surface area (Å²) in [7, 11) is 1.92. The molecule has 4 nitrogen and oxygen atoms in total. The molecule has 1 atom stereocenters. The molecule has 1 aromatic heterocycles. The summed E-state index contributed by atoms with van der Waals surface area (Å²) < 4.78 is 2.93. The second kappa shape index (κ2) is 6.38. The number of halogens is 1. The van der Waals surface area contributed by atoms with Gasteiger partial charge in [0.25, 0.3) is 0 Å². The van der Waals surface area contributed by atoms with Crippen molar-refractivity contribution in [1.82, 2.24) is 15.2 Å². The lowest BCUT2D eigenvalue weighted by molar-refractivity contribution is 0.554. The average molecular weight is 327 g/mol. The highest BCUT2D eigenvalue weighted by atomic mass is 79.9. The van der Waals surface area contributed by atoms with Crippen molar-refractivity contribution < 1.29 is 0 Å². The van der Waals surface area contributed by atoms with E-state index in [9.17, 15) is 0 Å². The summed E-state index contributed by atoms with van der Waals surface area (Å²) in [4.78, 5) is 1.22. The molecule has 1 unspecified atom stereocenters. The van der Waals surface area contributed by atoms with Gasteiger partial charge in [0.1, 0.15) is 0 Å². The number of benzene rings is 1. The third-order valence-corrected chi connectivity index (χ3v) is 4.28. The fourth-order valence-corrected chi connectivity index (χ4v) is 2.87. The van der Waals surface area contributed by atoms with Gasteiger partial charge in [0.15, 0.2) is 0 Å². The molecule has 96 valence electrons. The number of nitrogens with two attached hydrogens (primary N) is 1. The van der Waals surface area contributed by atoms with Crippen LogP contribution in [0, 0.1) is 0 Å². The van der Waals surface area contributed by atoms with Crippen molar-refractivity contribution in [3.8, 4) is 0 Å². The number of thioether (sulfide) groups is 1. The molecule has 0 aliphatic rings. The first-order chi connectivity index (χ1) is 8.70. The minimum Gasteiger partial charge on any atom is -0.271 e. The molecule has 2 aromatic rings. The van der Waals surface area contributed by atoms with Crippen molar-refractivity contribution in [2.45, 2.75) is 10.9 Å². The van der Waals surface area contributed by atoms with E-state index in [1.165, 1.54) is 4.90 Å². The topological polar surface area (TPSA) is 55.9 Å². The van der Waals surface area contributed by atoms with Crippen molar-refractivity contribution in [2.24, 2.45) is 12.9 Å². The summed E-state index contributed by atoms with van der Waals surface area (Å²) in [6, 6.07) is 10.3. The van der Waals surface area contributed by atoms with E-state index in [4.69, 9.17) is 5.84 Å². The Kier molecular flexibility index (Phi) is 4.82. The number of aryl methyl sites for hydroxylation is 1. The Bertz CT molecular complexity index is 497. The van der Waals surface area contributed by atoms with E-state index < -0.39 is 0 Å². The molecule has 0 aliphatic carbocycles. The van der Waals surface area contributed by atoms with Crippen molar-refractivity contribution in [3.05, 3.63) is 46.7 Å². The van der Waals surface area contributed by atoms with Crippen LogP contribution in [0.15, 0.2) is 45.9 Å². The maximum Gasteiger partial charge on any atom is 0.0722 e. The lowest BCUT2D eigenvalue weighted by Crippen LogP contribution is -2.31. The zero-order valence-corrected chi connectivity index (χ0v) is 12.4. The molecular formula is C12H15BrN4S. The monoisotopic (exact) mass is 326 g/mol. The van der Waals surface area contributed by atoms with E-state index in [2.05, 4.69) is 38.6 Å². The SMILES string of the molecule is Cn1nccc1C(CSc1ccc(Br)cc1)NN. The van der Waals surface area contributed by atoms with Crippen molar-refractivity contribution in [1.29, 1.82) is 0 Å². The maximum atomic E-state index is 5.61. The van der Waals surface area contributed by atoms with Crippen molar-refractivity contribution >= 4 is 27.7 Å². The number of aromatic nitrogens is 2. The van der Waals surface area contributed by atoms with Crippen LogP contribution in [0.25, 0.3) is 0 Å². The van der Waals surface area contributed by atoms with E-state index in [1.807, 2.05) is 29.9 Å². The molecule has 1 aromatic carbocycles. The molecule has 2 rings (SSSR count). The van der Waals surface area contributed by atoms with Crippen LogP contribution < -0.4 is 11.3 Å². The number of nitrogens with zero attached hydrogens (tertiary/aromatic N) is 2. The van der Waals surface area contributed by atoms with Gasteiger partial charge in [-0.15, -0.1) is 11.8 Å². The Balaban J connectivity index is 2.00. The number of hydrogen-bond donors (Lipinski definition) is 2. The van der Waals surface area contributed by atoms with Crippen LogP contribution in [0.3, 0.4) is 0 Å². The molecule has 0 saturated heterocycles. The predicted octanol–water partition coefficient (Wildman–Crippen LogP) is 2.48. The van der Waals surface area contributed by atoms with E-state index >= 15 is 0 Å². The normalized spacial score (nSPS) is 12.6. The average Bonchev–Trinajstić information content (AvgIpc) is 2.79. The van der Waals surface area contributed by atoms with E-state index in [1.54, 1.807) is 18.0 Å². The molecule has 0 spiro atoms. The van der Waals surface area contributed by atoms with Gasteiger partial charge in [-0.3, -0.25) is 16.0 Å². The van der Waals surface area contributed by atoms with Crippen LogP contribution in [0.5, 0.6) is 0 Å². The first-order valence-corrected chi connectivity index (χ1v) is 7.31. The first kappa shape index (κ1) is 13.6. The fraction of sp³-hybridized carbons (Fsp3) is 0.250. The van der Waals surface area contributed by atoms with Gasteiger partial charge in [-0.05, 0) is 30.3 Å². The summed E-state index contributed by atoms with van der Waals surface area (Å²) >= 11 is 5.19. The zero-order valence-electron chi connectivity index (χ0n) is 10.0. The highest BCUT2D eigenvalue weighted by molar-refractivity contribution is 9.10. The summed E-state index contributed by atoms with van der Waals surface area (Å²) in [5, 5.41) is 4.16. The van der Waals surface area contributed by atoms with Gasteiger partial charge in [0.05, 0.1) is 11.7 Å². The minimum atomic E-state index is 0.0890. The predicted molar refractivity (Wildman–Crippen MR) is 78.1 cm³/mol. The molecule has 18 heavy (non-hydrogen) atoms. The second-order valence-electron chi connectivity index (χ2n) is 3.86. The first-order valence-electron chi connectivity index (χ1n) is 5.53.